The minimum absolute atomic E-state index is 0.0126. The average Bonchev–Trinajstić information content (AvgIpc) is 3.05. The Labute approximate surface area is 177 Å². The van der Waals surface area contributed by atoms with Crippen LogP contribution in [-0.2, 0) is 17.4 Å². The van der Waals surface area contributed by atoms with E-state index in [-0.39, 0.29) is 44.8 Å². The maximum absolute atomic E-state index is 12.9. The molecule has 3 aromatic rings. The van der Waals surface area contributed by atoms with Crippen LogP contribution in [0.1, 0.15) is 21.6 Å². The van der Waals surface area contributed by atoms with Crippen LogP contribution < -0.4 is 10.1 Å². The lowest BCUT2D eigenvalue weighted by molar-refractivity contribution is -0.137. The van der Waals surface area contributed by atoms with Crippen LogP contribution in [-0.4, -0.2) is 33.5 Å². The van der Waals surface area contributed by atoms with Crippen LogP contribution >= 0.6 is 23.2 Å². The number of alkyl halides is 3. The number of nitrogens with zero attached hydrogens (tertiary/aromatic N) is 2. The number of carboxylic acid groups (broad SMARTS) is 1. The van der Waals surface area contributed by atoms with Crippen LogP contribution in [0.4, 0.5) is 18.9 Å². The molecule has 2 aromatic heterocycles. The van der Waals surface area contributed by atoms with Gasteiger partial charge in [-0.05, 0) is 12.1 Å². The number of amides is 1. The quantitative estimate of drug-likeness (QED) is 0.581. The number of pyridine rings is 1. The highest BCUT2D eigenvalue weighted by atomic mass is 35.5. The highest BCUT2D eigenvalue weighted by Crippen LogP contribution is 2.33. The third kappa shape index (κ3) is 4.44. The Kier molecular flexibility index (Phi) is 5.82. The molecule has 0 saturated carbocycles. The topological polar surface area (TPSA) is 92.9 Å². The van der Waals surface area contributed by atoms with E-state index in [0.29, 0.717) is 0 Å². The van der Waals surface area contributed by atoms with Crippen molar-refractivity contribution in [2.24, 2.45) is 0 Å². The first-order valence-electron chi connectivity index (χ1n) is 8.14. The van der Waals surface area contributed by atoms with Gasteiger partial charge in [-0.25, -0.2) is 9.78 Å². The largest absolute Gasteiger partial charge is 0.496 e. The number of nitrogens with one attached hydrogen (secondary N) is 1. The maximum atomic E-state index is 12.9. The molecule has 12 heteroatoms. The van der Waals surface area contributed by atoms with E-state index in [2.05, 4.69) is 10.3 Å². The molecule has 0 aliphatic carbocycles. The van der Waals surface area contributed by atoms with E-state index < -0.39 is 23.6 Å². The van der Waals surface area contributed by atoms with Crippen molar-refractivity contribution in [2.45, 2.75) is 12.6 Å². The van der Waals surface area contributed by atoms with Crippen LogP contribution in [0.25, 0.3) is 5.65 Å². The van der Waals surface area contributed by atoms with E-state index >= 15 is 0 Å². The highest BCUT2D eigenvalue weighted by Gasteiger charge is 2.32. The smallest absolute Gasteiger partial charge is 0.417 e. The number of imidazole rings is 1. The van der Waals surface area contributed by atoms with Gasteiger partial charge in [-0.1, -0.05) is 23.2 Å². The predicted molar refractivity (Wildman–Crippen MR) is 103 cm³/mol. The van der Waals surface area contributed by atoms with Gasteiger partial charge in [0, 0.05) is 18.5 Å². The molecule has 0 atom stereocenters. The molecule has 0 fully saturated rings. The fourth-order valence-electron chi connectivity index (χ4n) is 2.69. The molecule has 0 bridgehead atoms. The summed E-state index contributed by atoms with van der Waals surface area (Å²) in [6, 6.07) is 3.13. The number of carboxylic acids is 1. The van der Waals surface area contributed by atoms with Gasteiger partial charge in [0.1, 0.15) is 11.3 Å². The normalized spacial score (nSPS) is 11.5. The number of hydrogen-bond acceptors (Lipinski definition) is 4. The third-order valence-corrected chi connectivity index (χ3v) is 4.61. The van der Waals surface area contributed by atoms with Crippen molar-refractivity contribution in [2.75, 3.05) is 12.4 Å². The Morgan fingerprint density at radius 2 is 1.90 bits per heavy atom. The van der Waals surface area contributed by atoms with Crippen LogP contribution in [0.15, 0.2) is 30.6 Å². The zero-order valence-corrected chi connectivity index (χ0v) is 16.6. The SMILES string of the molecule is COc1cc(NC(=O)Cc2cn3cc(C(F)(F)F)cc(Cl)c3n2)c(Cl)cc1C(=O)O. The van der Waals surface area contributed by atoms with Gasteiger partial charge in [0.25, 0.3) is 0 Å². The van der Waals surface area contributed by atoms with Crippen molar-refractivity contribution < 1.29 is 32.6 Å². The monoisotopic (exact) mass is 461 g/mol. The Balaban J connectivity index is 1.84. The van der Waals surface area contributed by atoms with Crippen molar-refractivity contribution in [3.8, 4) is 5.75 Å². The molecule has 0 unspecified atom stereocenters. The number of hydrogen-bond donors (Lipinski definition) is 2. The number of carbonyl (C=O) groups excluding carboxylic acids is 1. The van der Waals surface area contributed by atoms with Crippen molar-refractivity contribution >= 4 is 46.4 Å². The van der Waals surface area contributed by atoms with Crippen LogP contribution in [0.5, 0.6) is 5.75 Å². The fraction of sp³-hybridized carbons (Fsp3) is 0.167. The number of anilines is 1. The molecule has 30 heavy (non-hydrogen) atoms. The van der Waals surface area contributed by atoms with Crippen molar-refractivity contribution in [1.29, 1.82) is 0 Å². The Morgan fingerprint density at radius 1 is 1.20 bits per heavy atom. The number of ether oxygens (including phenoxy) is 1. The lowest BCUT2D eigenvalue weighted by atomic mass is 10.1. The minimum Gasteiger partial charge on any atom is -0.496 e. The average molecular weight is 462 g/mol. The molecule has 0 aliphatic rings. The number of carbonyl (C=O) groups is 2. The molecule has 2 N–H and O–H groups in total. The molecule has 158 valence electrons. The van der Waals surface area contributed by atoms with E-state index in [1.807, 2.05) is 0 Å². The summed E-state index contributed by atoms with van der Waals surface area (Å²) in [6.45, 7) is 0. The highest BCUT2D eigenvalue weighted by molar-refractivity contribution is 6.34. The van der Waals surface area contributed by atoms with Crippen LogP contribution in [0, 0.1) is 0 Å². The lowest BCUT2D eigenvalue weighted by Crippen LogP contribution is -2.15. The molecular formula is C18H12Cl2F3N3O4. The Hall–Kier alpha value is -2.98. The van der Waals surface area contributed by atoms with E-state index in [1.165, 1.54) is 19.4 Å². The summed E-state index contributed by atoms with van der Waals surface area (Å²) in [5, 5.41) is 11.4. The molecule has 0 aliphatic heterocycles. The van der Waals surface area contributed by atoms with E-state index in [1.54, 1.807) is 0 Å². The number of aromatic nitrogens is 2. The summed E-state index contributed by atoms with van der Waals surface area (Å²) in [5.41, 5.74) is -0.802. The maximum Gasteiger partial charge on any atom is 0.417 e. The summed E-state index contributed by atoms with van der Waals surface area (Å²) in [4.78, 5) is 27.6. The molecular weight excluding hydrogens is 450 g/mol. The van der Waals surface area contributed by atoms with Gasteiger partial charge in [-0.3, -0.25) is 4.79 Å². The second-order valence-electron chi connectivity index (χ2n) is 6.10. The van der Waals surface area contributed by atoms with Gasteiger partial charge in [-0.2, -0.15) is 13.2 Å². The molecule has 1 aromatic carbocycles. The minimum atomic E-state index is -4.59. The van der Waals surface area contributed by atoms with Gasteiger partial charge < -0.3 is 19.6 Å². The van der Waals surface area contributed by atoms with E-state index in [9.17, 15) is 22.8 Å². The first-order valence-corrected chi connectivity index (χ1v) is 8.90. The summed E-state index contributed by atoms with van der Waals surface area (Å²) < 4.78 is 44.8. The molecule has 7 nitrogen and oxygen atoms in total. The van der Waals surface area contributed by atoms with Gasteiger partial charge in [0.2, 0.25) is 5.91 Å². The summed E-state index contributed by atoms with van der Waals surface area (Å²) in [7, 11) is 1.26. The molecule has 0 spiro atoms. The molecule has 1 amide bonds. The van der Waals surface area contributed by atoms with Crippen LogP contribution in [0.3, 0.4) is 0 Å². The van der Waals surface area contributed by atoms with Crippen LogP contribution in [0.2, 0.25) is 10.0 Å². The number of rotatable bonds is 5. The lowest BCUT2D eigenvalue weighted by Gasteiger charge is -2.11. The van der Waals surface area contributed by atoms with Gasteiger partial charge in [0.15, 0.2) is 5.65 Å². The second-order valence-corrected chi connectivity index (χ2v) is 6.91. The number of halogens is 5. The van der Waals surface area contributed by atoms with Crippen molar-refractivity contribution in [3.05, 3.63) is 57.5 Å². The first-order chi connectivity index (χ1) is 14.0. The molecule has 0 radical (unpaired) electrons. The Morgan fingerprint density at radius 3 is 2.50 bits per heavy atom. The van der Waals surface area contributed by atoms with Gasteiger partial charge in [-0.15, -0.1) is 0 Å². The second kappa shape index (κ2) is 8.04. The number of benzene rings is 1. The Bertz CT molecular complexity index is 1160. The summed E-state index contributed by atoms with van der Waals surface area (Å²) in [6.07, 6.45) is -2.80. The standard InChI is InChI=1S/C18H12Cl2F3N3O4/c1-30-14-5-13(11(19)4-10(14)17(28)29)25-15(27)3-9-7-26-6-8(18(21,22)23)2-12(20)16(26)24-9/h2,4-7H,3H2,1H3,(H,25,27)(H,28,29). The molecule has 3 rings (SSSR count). The zero-order valence-electron chi connectivity index (χ0n) is 15.1. The van der Waals surface area contributed by atoms with Crippen molar-refractivity contribution in [3.63, 3.8) is 0 Å². The van der Waals surface area contributed by atoms with Gasteiger partial charge in [0.05, 0.1) is 40.5 Å². The number of aromatic carboxylic acids is 1. The fourth-order valence-corrected chi connectivity index (χ4v) is 3.16. The third-order valence-electron chi connectivity index (χ3n) is 4.02. The first kappa shape index (κ1) is 21.7. The number of methoxy groups -OCH3 is 1. The zero-order chi connectivity index (χ0) is 22.2. The predicted octanol–water partition coefficient (Wildman–Crippen LogP) is 4.55. The van der Waals surface area contributed by atoms with Crippen molar-refractivity contribution in [1.82, 2.24) is 9.38 Å². The summed E-state index contributed by atoms with van der Waals surface area (Å²) >= 11 is 11.9. The van der Waals surface area contributed by atoms with E-state index in [0.717, 1.165) is 22.7 Å². The summed E-state index contributed by atoms with van der Waals surface area (Å²) in [5.74, 6) is -1.86. The molecule has 2 heterocycles. The van der Waals surface area contributed by atoms with Gasteiger partial charge >= 0.3 is 12.1 Å². The molecule has 0 saturated heterocycles. The van der Waals surface area contributed by atoms with E-state index in [4.69, 9.17) is 33.0 Å². The number of fused-ring (bicyclic) bond motifs is 1.